The van der Waals surface area contributed by atoms with Crippen molar-refractivity contribution < 1.29 is 0 Å². The quantitative estimate of drug-likeness (QED) is 0.451. The SMILES string of the molecule is CCc1cc(CC)cc([Si](C(C)(C)C)(C(C)(C)C)C2(C)C=C(C)C(C)=C2C)c1. The third kappa shape index (κ3) is 3.18. The van der Waals surface area contributed by atoms with Crippen LogP contribution in [0.4, 0.5) is 0 Å². The van der Waals surface area contributed by atoms with Crippen LogP contribution in [0.15, 0.2) is 41.0 Å². The Morgan fingerprint density at radius 1 is 0.786 bits per heavy atom. The van der Waals surface area contributed by atoms with Gasteiger partial charge in [-0.05, 0) is 60.4 Å². The summed E-state index contributed by atoms with van der Waals surface area (Å²) in [6.45, 7) is 29.3. The number of hydrogen-bond acceptors (Lipinski definition) is 0. The van der Waals surface area contributed by atoms with Crippen LogP contribution in [0.3, 0.4) is 0 Å². The van der Waals surface area contributed by atoms with E-state index in [1.165, 1.54) is 22.3 Å². The van der Waals surface area contributed by atoms with Gasteiger partial charge in [-0.3, -0.25) is 0 Å². The molecular weight excluding hydrogens is 352 g/mol. The first-order valence-corrected chi connectivity index (χ1v) is 13.2. The van der Waals surface area contributed by atoms with Crippen LogP contribution in [0.1, 0.15) is 94.2 Å². The second-order valence-electron chi connectivity index (χ2n) is 11.3. The fourth-order valence-electron chi connectivity index (χ4n) is 6.96. The van der Waals surface area contributed by atoms with Crippen LogP contribution in [0, 0.1) is 0 Å². The summed E-state index contributed by atoms with van der Waals surface area (Å²) >= 11 is 0. The van der Waals surface area contributed by atoms with E-state index in [1.807, 2.05) is 0 Å². The van der Waals surface area contributed by atoms with Gasteiger partial charge in [-0.2, -0.15) is 0 Å². The highest BCUT2D eigenvalue weighted by Crippen LogP contribution is 2.67. The lowest BCUT2D eigenvalue weighted by molar-refractivity contribution is 0.579. The van der Waals surface area contributed by atoms with E-state index in [0.29, 0.717) is 0 Å². The van der Waals surface area contributed by atoms with Crippen molar-refractivity contribution in [1.82, 2.24) is 0 Å². The highest BCUT2D eigenvalue weighted by atomic mass is 28.3. The Hall–Kier alpha value is -1.08. The molecule has 1 aliphatic rings. The molecule has 0 radical (unpaired) electrons. The minimum Gasteiger partial charge on any atom is -0.0736 e. The van der Waals surface area contributed by atoms with Crippen LogP contribution < -0.4 is 5.19 Å². The average Bonchev–Trinajstić information content (AvgIpc) is 2.75. The predicted molar refractivity (Wildman–Crippen MR) is 131 cm³/mol. The van der Waals surface area contributed by atoms with E-state index >= 15 is 0 Å². The fraction of sp³-hybridized carbons (Fsp3) is 0.630. The molecule has 28 heavy (non-hydrogen) atoms. The maximum atomic E-state index is 2.64. The van der Waals surface area contributed by atoms with Gasteiger partial charge in [0.05, 0.1) is 0 Å². The Balaban J connectivity index is 3.07. The third-order valence-corrected chi connectivity index (χ3v) is 15.5. The minimum absolute atomic E-state index is 0.120. The van der Waals surface area contributed by atoms with Gasteiger partial charge in [0.15, 0.2) is 0 Å². The highest BCUT2D eigenvalue weighted by molar-refractivity contribution is 6.99. The summed E-state index contributed by atoms with van der Waals surface area (Å²) < 4.78 is 0. The summed E-state index contributed by atoms with van der Waals surface area (Å²) in [5.74, 6) is 0. The van der Waals surface area contributed by atoms with E-state index in [2.05, 4.69) is 107 Å². The summed E-state index contributed by atoms with van der Waals surface area (Å²) in [6, 6.07) is 7.59. The molecule has 0 fully saturated rings. The molecule has 0 nitrogen and oxygen atoms in total. The lowest BCUT2D eigenvalue weighted by Crippen LogP contribution is -2.68. The molecule has 1 aliphatic carbocycles. The molecule has 2 rings (SSSR count). The molecule has 0 bridgehead atoms. The maximum absolute atomic E-state index is 2.64. The molecule has 0 heterocycles. The predicted octanol–water partition coefficient (Wildman–Crippen LogP) is 8.12. The van der Waals surface area contributed by atoms with Gasteiger partial charge < -0.3 is 0 Å². The molecule has 1 aromatic rings. The Labute approximate surface area is 176 Å². The summed E-state index contributed by atoms with van der Waals surface area (Å²) in [5, 5.41) is 2.22. The third-order valence-electron chi connectivity index (χ3n) is 7.77. The Bertz CT molecular complexity index is 771. The molecule has 0 saturated carbocycles. The van der Waals surface area contributed by atoms with E-state index in [4.69, 9.17) is 0 Å². The van der Waals surface area contributed by atoms with Gasteiger partial charge in [0, 0.05) is 5.04 Å². The Morgan fingerprint density at radius 2 is 1.21 bits per heavy atom. The standard InChI is InChI=1S/C27H44Si/c1-13-22-15-23(14-2)17-24(16-22)28(25(6,7)8,26(9,10)11)27(12)18-19(3)20(4)21(27)5/h15-18H,13-14H2,1-12H3. The number of allylic oxidation sites excluding steroid dienone is 4. The van der Waals surface area contributed by atoms with E-state index in [9.17, 15) is 0 Å². The van der Waals surface area contributed by atoms with Crippen molar-refractivity contribution in [3.05, 3.63) is 52.1 Å². The second-order valence-corrected chi connectivity index (χ2v) is 17.4. The molecule has 0 saturated heterocycles. The summed E-state index contributed by atoms with van der Waals surface area (Å²) in [4.78, 5) is 0. The first-order chi connectivity index (χ1) is 12.7. The van der Waals surface area contributed by atoms with Gasteiger partial charge in [-0.25, -0.2) is 0 Å². The van der Waals surface area contributed by atoms with E-state index in [0.717, 1.165) is 12.8 Å². The van der Waals surface area contributed by atoms with Crippen LogP contribution in [-0.2, 0) is 12.8 Å². The van der Waals surface area contributed by atoms with Crippen LogP contribution in [0.25, 0.3) is 0 Å². The Kier molecular flexibility index (Phi) is 6.06. The molecule has 1 heteroatoms. The molecule has 0 aliphatic heterocycles. The minimum atomic E-state index is -2.14. The molecule has 0 spiro atoms. The van der Waals surface area contributed by atoms with Gasteiger partial charge >= 0.3 is 0 Å². The van der Waals surface area contributed by atoms with Crippen molar-refractivity contribution in [2.45, 2.75) is 111 Å². The summed E-state index contributed by atoms with van der Waals surface area (Å²) in [5.41, 5.74) is 7.59. The monoisotopic (exact) mass is 396 g/mol. The van der Waals surface area contributed by atoms with Crippen molar-refractivity contribution in [2.75, 3.05) is 0 Å². The zero-order chi connectivity index (χ0) is 21.7. The molecule has 0 aromatic heterocycles. The van der Waals surface area contributed by atoms with Gasteiger partial charge in [0.2, 0.25) is 0 Å². The number of aryl methyl sites for hydroxylation is 2. The van der Waals surface area contributed by atoms with Gasteiger partial charge in [-0.1, -0.05) is 103 Å². The molecule has 1 atom stereocenters. The van der Waals surface area contributed by atoms with Gasteiger partial charge in [0.25, 0.3) is 0 Å². The highest BCUT2D eigenvalue weighted by Gasteiger charge is 2.64. The largest absolute Gasteiger partial charge is 0.111 e. The van der Waals surface area contributed by atoms with E-state index < -0.39 is 8.07 Å². The van der Waals surface area contributed by atoms with Gasteiger partial charge in [0.1, 0.15) is 8.07 Å². The van der Waals surface area contributed by atoms with Crippen LogP contribution in [-0.4, -0.2) is 8.07 Å². The van der Waals surface area contributed by atoms with Crippen molar-refractivity contribution >= 4 is 13.3 Å². The summed E-state index contributed by atoms with van der Waals surface area (Å²) in [7, 11) is -2.14. The number of benzene rings is 1. The van der Waals surface area contributed by atoms with Crippen molar-refractivity contribution in [3.63, 3.8) is 0 Å². The van der Waals surface area contributed by atoms with E-state index in [-0.39, 0.29) is 15.1 Å². The van der Waals surface area contributed by atoms with Crippen LogP contribution >= 0.6 is 0 Å². The average molecular weight is 397 g/mol. The normalized spacial score (nSPS) is 21.4. The number of hydrogen-bond donors (Lipinski definition) is 0. The fourth-order valence-corrected chi connectivity index (χ4v) is 16.6. The first kappa shape index (κ1) is 23.2. The number of rotatable bonds is 4. The molecule has 0 amide bonds. The van der Waals surface area contributed by atoms with Gasteiger partial charge in [-0.15, -0.1) is 0 Å². The smallest absolute Gasteiger partial charge is 0.0736 e. The topological polar surface area (TPSA) is 0 Å². The molecule has 1 aromatic carbocycles. The van der Waals surface area contributed by atoms with Crippen LogP contribution in [0.2, 0.25) is 15.1 Å². The van der Waals surface area contributed by atoms with E-state index in [1.54, 1.807) is 10.8 Å². The second kappa shape index (κ2) is 7.31. The van der Waals surface area contributed by atoms with Crippen molar-refractivity contribution in [2.24, 2.45) is 0 Å². The zero-order valence-corrected chi connectivity index (χ0v) is 21.7. The molecule has 0 N–H and O–H groups in total. The van der Waals surface area contributed by atoms with Crippen molar-refractivity contribution in [1.29, 1.82) is 0 Å². The molecule has 1 unspecified atom stereocenters. The Morgan fingerprint density at radius 3 is 1.50 bits per heavy atom. The lowest BCUT2D eigenvalue weighted by atomic mass is 10.0. The van der Waals surface area contributed by atoms with Crippen LogP contribution in [0.5, 0.6) is 0 Å². The lowest BCUT2D eigenvalue weighted by Gasteiger charge is -2.61. The summed E-state index contributed by atoms with van der Waals surface area (Å²) in [6.07, 6.45) is 4.86. The molecule has 156 valence electrons. The zero-order valence-electron chi connectivity index (χ0n) is 20.7. The maximum Gasteiger partial charge on any atom is 0.111 e. The molecular formula is C27H44Si. The first-order valence-electron chi connectivity index (χ1n) is 11.2. The van der Waals surface area contributed by atoms with Crippen molar-refractivity contribution in [3.8, 4) is 0 Å².